The van der Waals surface area contributed by atoms with Crippen molar-refractivity contribution in [1.29, 1.82) is 0 Å². The molecule has 0 spiro atoms. The molecule has 1 aromatic heterocycles. The van der Waals surface area contributed by atoms with E-state index >= 15 is 0 Å². The lowest BCUT2D eigenvalue weighted by molar-refractivity contribution is 0.464. The predicted molar refractivity (Wildman–Crippen MR) is 119 cm³/mol. The highest BCUT2D eigenvalue weighted by Crippen LogP contribution is 2.24. The van der Waals surface area contributed by atoms with Gasteiger partial charge in [0.25, 0.3) is 0 Å². The molecule has 2 aromatic rings. The van der Waals surface area contributed by atoms with E-state index in [0.29, 0.717) is 17.7 Å². The van der Waals surface area contributed by atoms with Crippen LogP contribution in [0.4, 0.5) is 0 Å². The quantitative estimate of drug-likeness (QED) is 0.245. The van der Waals surface area contributed by atoms with E-state index in [1.807, 2.05) is 25.6 Å². The number of aryl methyl sites for hydroxylation is 2. The zero-order valence-electron chi connectivity index (χ0n) is 14.8. The van der Waals surface area contributed by atoms with Crippen LogP contribution in [0.15, 0.2) is 43.0 Å². The molecule has 8 heteroatoms. The van der Waals surface area contributed by atoms with E-state index in [9.17, 15) is 0 Å². The van der Waals surface area contributed by atoms with Crippen molar-refractivity contribution in [2.75, 3.05) is 13.6 Å². The number of nitrogens with one attached hydrogen (secondary N) is 2. The molecule has 0 radical (unpaired) electrons. The molecule has 0 bridgehead atoms. The monoisotopic (exact) mass is 538 g/mol. The average Bonchev–Trinajstić information content (AvgIpc) is 2.88. The SMILES string of the molecule is CN=C(NCc1nc(C)c(C)o1)NCC(C)Sc1ccc(Br)cc1.I. The molecule has 1 atom stereocenters. The first kappa shape index (κ1) is 22.3. The van der Waals surface area contributed by atoms with E-state index in [1.54, 1.807) is 7.05 Å². The Morgan fingerprint density at radius 1 is 1.28 bits per heavy atom. The number of hydrogen-bond acceptors (Lipinski definition) is 4. The van der Waals surface area contributed by atoms with Crippen LogP contribution in [0.5, 0.6) is 0 Å². The number of aliphatic imine (C=N–C) groups is 1. The summed E-state index contributed by atoms with van der Waals surface area (Å²) >= 11 is 5.28. The van der Waals surface area contributed by atoms with Crippen molar-refractivity contribution in [3.05, 3.63) is 46.1 Å². The summed E-state index contributed by atoms with van der Waals surface area (Å²) in [6, 6.07) is 8.35. The van der Waals surface area contributed by atoms with Gasteiger partial charge in [-0.25, -0.2) is 4.98 Å². The molecule has 0 fully saturated rings. The average molecular weight is 539 g/mol. The van der Waals surface area contributed by atoms with Gasteiger partial charge in [-0.2, -0.15) is 0 Å². The van der Waals surface area contributed by atoms with Crippen molar-refractivity contribution in [2.45, 2.75) is 37.5 Å². The number of benzene rings is 1. The van der Waals surface area contributed by atoms with Gasteiger partial charge in [0.1, 0.15) is 5.76 Å². The van der Waals surface area contributed by atoms with Gasteiger partial charge in [0.2, 0.25) is 5.89 Å². The summed E-state index contributed by atoms with van der Waals surface area (Å²) in [5.74, 6) is 2.27. The standard InChI is InChI=1S/C17H23BrN4OS.HI/c1-11(24-15-7-5-14(18)6-8-15)9-20-17(19-4)21-10-16-22-12(2)13(3)23-16;/h5-8,11H,9-10H2,1-4H3,(H2,19,20,21);1H. The summed E-state index contributed by atoms with van der Waals surface area (Å²) in [6.45, 7) is 7.37. The third-order valence-electron chi connectivity index (χ3n) is 3.41. The van der Waals surface area contributed by atoms with Crippen molar-refractivity contribution in [2.24, 2.45) is 4.99 Å². The summed E-state index contributed by atoms with van der Waals surface area (Å²) < 4.78 is 6.66. The van der Waals surface area contributed by atoms with E-state index in [1.165, 1.54) is 4.90 Å². The Labute approximate surface area is 179 Å². The van der Waals surface area contributed by atoms with Crippen molar-refractivity contribution in [3.63, 3.8) is 0 Å². The van der Waals surface area contributed by atoms with Gasteiger partial charge in [0, 0.05) is 28.2 Å². The number of thioether (sulfide) groups is 1. The third-order valence-corrected chi connectivity index (χ3v) is 5.05. The second kappa shape index (κ2) is 11.1. The van der Waals surface area contributed by atoms with Crippen LogP contribution >= 0.6 is 51.7 Å². The topological polar surface area (TPSA) is 62.5 Å². The second-order valence-corrected chi connectivity index (χ2v) is 7.87. The van der Waals surface area contributed by atoms with Crippen molar-refractivity contribution in [1.82, 2.24) is 15.6 Å². The van der Waals surface area contributed by atoms with E-state index in [2.05, 4.69) is 67.7 Å². The highest BCUT2D eigenvalue weighted by atomic mass is 127. The summed E-state index contributed by atoms with van der Waals surface area (Å²) in [5, 5.41) is 6.96. The molecule has 0 aliphatic heterocycles. The van der Waals surface area contributed by atoms with Gasteiger partial charge < -0.3 is 15.1 Å². The Balaban J connectivity index is 0.00000312. The Kier molecular flexibility index (Phi) is 9.88. The Morgan fingerprint density at radius 2 is 1.96 bits per heavy atom. The van der Waals surface area contributed by atoms with Crippen LogP contribution in [0.25, 0.3) is 0 Å². The second-order valence-electron chi connectivity index (χ2n) is 5.44. The van der Waals surface area contributed by atoms with Crippen LogP contribution < -0.4 is 10.6 Å². The van der Waals surface area contributed by atoms with Crippen LogP contribution in [0.1, 0.15) is 24.3 Å². The highest BCUT2D eigenvalue weighted by Gasteiger charge is 2.08. The summed E-state index contributed by atoms with van der Waals surface area (Å²) in [4.78, 5) is 9.84. The summed E-state index contributed by atoms with van der Waals surface area (Å²) in [5.41, 5.74) is 0.925. The fourth-order valence-corrected chi connectivity index (χ4v) is 3.21. The van der Waals surface area contributed by atoms with Gasteiger partial charge in [-0.3, -0.25) is 4.99 Å². The van der Waals surface area contributed by atoms with Gasteiger partial charge in [0.15, 0.2) is 5.96 Å². The lowest BCUT2D eigenvalue weighted by Gasteiger charge is -2.15. The molecule has 0 aliphatic carbocycles. The van der Waals surface area contributed by atoms with E-state index < -0.39 is 0 Å². The largest absolute Gasteiger partial charge is 0.444 e. The number of nitrogens with zero attached hydrogens (tertiary/aromatic N) is 2. The van der Waals surface area contributed by atoms with Crippen molar-refractivity contribution in [3.8, 4) is 0 Å². The van der Waals surface area contributed by atoms with Crippen LogP contribution in [-0.2, 0) is 6.54 Å². The first-order valence-corrected chi connectivity index (χ1v) is 9.45. The first-order chi connectivity index (χ1) is 11.5. The minimum Gasteiger partial charge on any atom is -0.444 e. The number of rotatable bonds is 6. The van der Waals surface area contributed by atoms with E-state index in [-0.39, 0.29) is 24.0 Å². The van der Waals surface area contributed by atoms with Crippen LogP contribution in [-0.4, -0.2) is 29.8 Å². The maximum atomic E-state index is 5.56. The molecule has 0 saturated heterocycles. The smallest absolute Gasteiger partial charge is 0.214 e. The fourth-order valence-electron chi connectivity index (χ4n) is 2.02. The minimum absolute atomic E-state index is 0. The molecule has 2 rings (SSSR count). The lowest BCUT2D eigenvalue weighted by Crippen LogP contribution is -2.39. The molecule has 1 aromatic carbocycles. The van der Waals surface area contributed by atoms with Crippen LogP contribution in [0.3, 0.4) is 0 Å². The van der Waals surface area contributed by atoms with Gasteiger partial charge >= 0.3 is 0 Å². The number of halogens is 2. The number of hydrogen-bond donors (Lipinski definition) is 2. The zero-order valence-corrected chi connectivity index (χ0v) is 19.5. The number of aromatic nitrogens is 1. The van der Waals surface area contributed by atoms with Crippen molar-refractivity contribution >= 4 is 57.6 Å². The molecule has 5 nitrogen and oxygen atoms in total. The zero-order chi connectivity index (χ0) is 17.5. The molecular formula is C17H24BrIN4OS. The van der Waals surface area contributed by atoms with Gasteiger partial charge in [-0.15, -0.1) is 35.7 Å². The molecule has 0 aliphatic rings. The summed E-state index contributed by atoms with van der Waals surface area (Å²) in [7, 11) is 1.76. The molecule has 2 N–H and O–H groups in total. The maximum Gasteiger partial charge on any atom is 0.214 e. The van der Waals surface area contributed by atoms with Crippen LogP contribution in [0.2, 0.25) is 0 Å². The fraction of sp³-hybridized carbons (Fsp3) is 0.412. The molecule has 25 heavy (non-hydrogen) atoms. The maximum absolute atomic E-state index is 5.56. The molecule has 1 unspecified atom stereocenters. The molecular weight excluding hydrogens is 515 g/mol. The Bertz CT molecular complexity index is 671. The highest BCUT2D eigenvalue weighted by molar-refractivity contribution is 14.0. The van der Waals surface area contributed by atoms with E-state index in [4.69, 9.17) is 4.42 Å². The van der Waals surface area contributed by atoms with Gasteiger partial charge in [0.05, 0.1) is 12.2 Å². The van der Waals surface area contributed by atoms with Crippen LogP contribution in [0, 0.1) is 13.8 Å². The van der Waals surface area contributed by atoms with Gasteiger partial charge in [-0.05, 0) is 38.1 Å². The molecule has 0 amide bonds. The Morgan fingerprint density at radius 3 is 2.52 bits per heavy atom. The van der Waals surface area contributed by atoms with Gasteiger partial charge in [-0.1, -0.05) is 22.9 Å². The number of guanidine groups is 1. The molecule has 1 heterocycles. The lowest BCUT2D eigenvalue weighted by atomic mass is 10.4. The summed E-state index contributed by atoms with van der Waals surface area (Å²) in [6.07, 6.45) is 0. The number of oxazole rings is 1. The normalized spacial score (nSPS) is 12.4. The third kappa shape index (κ3) is 7.57. The minimum atomic E-state index is 0. The molecule has 0 saturated carbocycles. The van der Waals surface area contributed by atoms with Crippen molar-refractivity contribution < 1.29 is 4.42 Å². The van der Waals surface area contributed by atoms with E-state index in [0.717, 1.165) is 28.4 Å². The Hall–Kier alpha value is -0.740. The molecule has 138 valence electrons. The predicted octanol–water partition coefficient (Wildman–Crippen LogP) is 4.52. The first-order valence-electron chi connectivity index (χ1n) is 7.77.